The Morgan fingerprint density at radius 2 is 1.76 bits per heavy atom. The molecule has 1 aliphatic rings. The molecular formula is C21H15BrO3. The van der Waals surface area contributed by atoms with Crippen molar-refractivity contribution in [3.8, 4) is 11.1 Å². The summed E-state index contributed by atoms with van der Waals surface area (Å²) in [7, 11) is 0. The van der Waals surface area contributed by atoms with Crippen molar-refractivity contribution in [3.05, 3.63) is 68.2 Å². The maximum Gasteiger partial charge on any atom is 0.339 e. The molecule has 0 fully saturated rings. The number of hydrogen-bond acceptors (Lipinski definition) is 3. The third kappa shape index (κ3) is 2.13. The van der Waals surface area contributed by atoms with E-state index in [1.54, 1.807) is 6.26 Å². The topological polar surface area (TPSA) is 43.4 Å². The van der Waals surface area contributed by atoms with Gasteiger partial charge in [-0.2, -0.15) is 0 Å². The molecule has 0 atom stereocenters. The molecule has 0 spiro atoms. The lowest BCUT2D eigenvalue weighted by atomic mass is 9.98. The molecule has 0 saturated carbocycles. The fraction of sp³-hybridized carbons (Fsp3) is 0.190. The third-order valence-corrected chi connectivity index (χ3v) is 5.71. The number of hydrogen-bond donors (Lipinski definition) is 0. The van der Waals surface area contributed by atoms with E-state index >= 15 is 0 Å². The molecule has 4 aromatic rings. The zero-order valence-electron chi connectivity index (χ0n) is 13.7. The van der Waals surface area contributed by atoms with Gasteiger partial charge < -0.3 is 8.83 Å². The van der Waals surface area contributed by atoms with Gasteiger partial charge in [-0.05, 0) is 55.5 Å². The molecule has 0 saturated heterocycles. The summed E-state index contributed by atoms with van der Waals surface area (Å²) in [5.41, 5.74) is 6.31. The van der Waals surface area contributed by atoms with Gasteiger partial charge in [0, 0.05) is 31.9 Å². The maximum atomic E-state index is 12.3. The van der Waals surface area contributed by atoms with Gasteiger partial charge in [0.15, 0.2) is 0 Å². The van der Waals surface area contributed by atoms with Gasteiger partial charge in [0.1, 0.15) is 11.2 Å². The molecule has 0 aliphatic heterocycles. The number of benzene rings is 2. The molecule has 1 aliphatic carbocycles. The van der Waals surface area contributed by atoms with E-state index in [1.165, 1.54) is 0 Å². The van der Waals surface area contributed by atoms with Gasteiger partial charge >= 0.3 is 5.63 Å². The van der Waals surface area contributed by atoms with Crippen molar-refractivity contribution in [2.24, 2.45) is 0 Å². The predicted molar refractivity (Wildman–Crippen MR) is 102 cm³/mol. The van der Waals surface area contributed by atoms with Crippen LogP contribution in [0.15, 0.2) is 54.7 Å². The molecule has 2 heterocycles. The van der Waals surface area contributed by atoms with Crippen LogP contribution in [0.5, 0.6) is 0 Å². The monoisotopic (exact) mass is 394 g/mol. The van der Waals surface area contributed by atoms with Crippen molar-refractivity contribution < 1.29 is 8.83 Å². The minimum atomic E-state index is -0.192. The highest BCUT2D eigenvalue weighted by molar-refractivity contribution is 9.10. The fourth-order valence-electron chi connectivity index (χ4n) is 3.95. The molecule has 0 amide bonds. The number of rotatable bonds is 1. The number of fused-ring (bicyclic) bond motifs is 4. The van der Waals surface area contributed by atoms with Crippen LogP contribution in [0.3, 0.4) is 0 Å². The Morgan fingerprint density at radius 1 is 1.00 bits per heavy atom. The Hall–Kier alpha value is -2.33. The van der Waals surface area contributed by atoms with Crippen LogP contribution in [0, 0.1) is 6.92 Å². The molecular weight excluding hydrogens is 380 g/mol. The van der Waals surface area contributed by atoms with E-state index in [-0.39, 0.29) is 5.63 Å². The summed E-state index contributed by atoms with van der Waals surface area (Å²) in [5.74, 6) is 0. The molecule has 2 aromatic heterocycles. The van der Waals surface area contributed by atoms with Crippen LogP contribution in [-0.4, -0.2) is 0 Å². The van der Waals surface area contributed by atoms with Crippen LogP contribution >= 0.6 is 15.9 Å². The minimum Gasteiger partial charge on any atom is -0.463 e. The first-order valence-corrected chi connectivity index (χ1v) is 9.18. The van der Waals surface area contributed by atoms with Crippen molar-refractivity contribution in [1.82, 2.24) is 0 Å². The quantitative estimate of drug-likeness (QED) is 0.385. The van der Waals surface area contributed by atoms with Gasteiger partial charge in [-0.15, -0.1) is 0 Å². The van der Waals surface area contributed by atoms with Crippen LogP contribution in [0.1, 0.15) is 23.1 Å². The average Bonchev–Trinajstić information content (AvgIpc) is 3.25. The third-order valence-electron chi connectivity index (χ3n) is 5.18. The van der Waals surface area contributed by atoms with Crippen LogP contribution in [0.2, 0.25) is 0 Å². The maximum absolute atomic E-state index is 12.3. The highest BCUT2D eigenvalue weighted by Gasteiger charge is 2.23. The lowest BCUT2D eigenvalue weighted by Crippen LogP contribution is -2.07. The Bertz CT molecular complexity index is 1200. The molecule has 4 heteroatoms. The zero-order chi connectivity index (χ0) is 17.1. The normalized spacial score (nSPS) is 13.7. The first-order chi connectivity index (χ1) is 12.1. The van der Waals surface area contributed by atoms with Crippen molar-refractivity contribution in [1.29, 1.82) is 0 Å². The van der Waals surface area contributed by atoms with Crippen molar-refractivity contribution in [2.45, 2.75) is 26.2 Å². The first kappa shape index (κ1) is 15.0. The van der Waals surface area contributed by atoms with Gasteiger partial charge in [-0.1, -0.05) is 28.1 Å². The van der Waals surface area contributed by atoms with Gasteiger partial charge in [-0.3, -0.25) is 0 Å². The molecule has 0 bridgehead atoms. The first-order valence-electron chi connectivity index (χ1n) is 8.39. The second kappa shape index (κ2) is 5.33. The zero-order valence-corrected chi connectivity index (χ0v) is 15.3. The molecule has 0 N–H and O–H groups in total. The van der Waals surface area contributed by atoms with E-state index < -0.39 is 0 Å². The van der Waals surface area contributed by atoms with Gasteiger partial charge in [0.25, 0.3) is 0 Å². The summed E-state index contributed by atoms with van der Waals surface area (Å²) < 4.78 is 12.6. The number of furan rings is 1. The fourth-order valence-corrected chi connectivity index (χ4v) is 4.21. The van der Waals surface area contributed by atoms with E-state index in [2.05, 4.69) is 34.1 Å². The molecule has 2 aromatic carbocycles. The largest absolute Gasteiger partial charge is 0.463 e. The molecule has 124 valence electrons. The highest BCUT2D eigenvalue weighted by Crippen LogP contribution is 2.38. The van der Waals surface area contributed by atoms with Crippen LogP contribution in [0.25, 0.3) is 33.1 Å². The van der Waals surface area contributed by atoms with E-state index in [0.29, 0.717) is 5.58 Å². The van der Waals surface area contributed by atoms with Crippen molar-refractivity contribution >= 4 is 37.9 Å². The van der Waals surface area contributed by atoms with Crippen LogP contribution in [-0.2, 0) is 12.8 Å². The second-order valence-corrected chi connectivity index (χ2v) is 7.53. The Kier molecular flexibility index (Phi) is 3.19. The summed E-state index contributed by atoms with van der Waals surface area (Å²) >= 11 is 3.48. The number of aryl methyl sites for hydroxylation is 2. The molecule has 0 unspecified atom stereocenters. The van der Waals surface area contributed by atoms with Gasteiger partial charge in [0.2, 0.25) is 0 Å². The summed E-state index contributed by atoms with van der Waals surface area (Å²) in [6, 6.07) is 10.3. The van der Waals surface area contributed by atoms with Crippen molar-refractivity contribution in [3.63, 3.8) is 0 Å². The second-order valence-electron chi connectivity index (χ2n) is 6.61. The summed E-state index contributed by atoms with van der Waals surface area (Å²) in [4.78, 5) is 12.3. The Balaban J connectivity index is 1.88. The van der Waals surface area contributed by atoms with E-state index in [0.717, 1.165) is 67.9 Å². The van der Waals surface area contributed by atoms with E-state index in [1.807, 2.05) is 19.1 Å². The summed E-state index contributed by atoms with van der Waals surface area (Å²) in [6.45, 7) is 1.96. The van der Waals surface area contributed by atoms with Crippen molar-refractivity contribution in [2.75, 3.05) is 0 Å². The lowest BCUT2D eigenvalue weighted by Gasteiger charge is -2.08. The standard InChI is InChI=1S/C21H15BrO3/c1-11-19-17(18(10-24-19)12-5-7-13(22)8-6-12)9-16-14-3-2-4-15(14)21(23)25-20(11)16/h5-10H,2-4H2,1H3. The molecule has 3 nitrogen and oxygen atoms in total. The van der Waals surface area contributed by atoms with E-state index in [9.17, 15) is 4.79 Å². The van der Waals surface area contributed by atoms with Crippen LogP contribution in [0.4, 0.5) is 0 Å². The molecule has 0 radical (unpaired) electrons. The van der Waals surface area contributed by atoms with Crippen LogP contribution < -0.4 is 5.63 Å². The molecule has 25 heavy (non-hydrogen) atoms. The van der Waals surface area contributed by atoms with Gasteiger partial charge in [-0.25, -0.2) is 4.79 Å². The van der Waals surface area contributed by atoms with E-state index in [4.69, 9.17) is 8.83 Å². The molecule has 5 rings (SSSR count). The SMILES string of the molecule is Cc1c2occ(-c3ccc(Br)cc3)c2cc2c3c(c(=O)oc12)CCC3. The lowest BCUT2D eigenvalue weighted by molar-refractivity contribution is 0.548. The number of halogens is 1. The average molecular weight is 395 g/mol. The smallest absolute Gasteiger partial charge is 0.339 e. The summed E-state index contributed by atoms with van der Waals surface area (Å²) in [5, 5.41) is 2.12. The Labute approximate surface area is 152 Å². The Morgan fingerprint density at radius 3 is 2.56 bits per heavy atom. The highest BCUT2D eigenvalue weighted by atomic mass is 79.9. The minimum absolute atomic E-state index is 0.192. The predicted octanol–water partition coefficient (Wildman–Crippen LogP) is 5.77. The van der Waals surface area contributed by atoms with Gasteiger partial charge in [0.05, 0.1) is 6.26 Å². The summed E-state index contributed by atoms with van der Waals surface area (Å²) in [6.07, 6.45) is 4.56.